The van der Waals surface area contributed by atoms with Crippen LogP contribution < -0.4 is 2.81 Å². The quantitative estimate of drug-likeness (QED) is 0.0784. The number of hydrogen-bond donors (Lipinski definition) is 12. The minimum atomic E-state index is -2.17. The molecule has 0 radical (unpaired) electrons. The van der Waals surface area contributed by atoms with E-state index in [9.17, 15) is 22.0 Å². The van der Waals surface area contributed by atoms with Crippen LogP contribution in [0.4, 0.5) is 22.0 Å². The van der Waals surface area contributed by atoms with Gasteiger partial charge >= 0.3 is 111 Å². The molecule has 0 aliphatic heterocycles. The molecule has 0 saturated carbocycles. The Balaban J connectivity index is -0.000000150. The second kappa shape index (κ2) is 19.9. The molecular weight excluding hydrogens is 425 g/mol. The monoisotopic (exact) mass is 438 g/mol. The molecule has 0 unspecified atom stereocenters. The molecular formula is C6H12B4F5NaO12. The van der Waals surface area contributed by atoms with E-state index in [0.29, 0.717) is 0 Å². The summed E-state index contributed by atoms with van der Waals surface area (Å²) in [6.07, 6.45) is 0. The topological polar surface area (TPSA) is 243 Å². The second-order valence-corrected chi connectivity index (χ2v) is 4.58. The molecule has 156 valence electrons. The van der Waals surface area contributed by atoms with E-state index in [0.717, 1.165) is 0 Å². The zero-order valence-corrected chi connectivity index (χ0v) is 15.6. The standard InChI is InChI=1S/C6F5.4BH3O3.Na/c7-2-1-3(8)5(10)6(11)4(2)9;4*2-1(3)4;/h;4*2-4H;. The maximum Gasteiger partial charge on any atom is 0.631 e. The summed E-state index contributed by atoms with van der Waals surface area (Å²) in [5.74, 6) is -9.31. The largest absolute Gasteiger partial charge is 0.631 e. The third-order valence-corrected chi connectivity index (χ3v) is 2.31. The van der Waals surface area contributed by atoms with Crippen molar-refractivity contribution in [1.29, 1.82) is 0 Å². The van der Waals surface area contributed by atoms with Gasteiger partial charge < -0.3 is 60.3 Å². The van der Waals surface area contributed by atoms with E-state index in [4.69, 9.17) is 60.3 Å². The van der Waals surface area contributed by atoms with Gasteiger partial charge in [0.1, 0.15) is 0 Å². The second-order valence-electron chi connectivity index (χ2n) is 3.58. The molecule has 0 aromatic heterocycles. The molecule has 0 amide bonds. The first-order chi connectivity index (χ1) is 12.4. The fourth-order valence-corrected chi connectivity index (χ4v) is 1.15. The summed E-state index contributed by atoms with van der Waals surface area (Å²) in [5.41, 5.74) is 0. The average molecular weight is 437 g/mol. The van der Waals surface area contributed by atoms with Crippen LogP contribution in [-0.4, -0.2) is 118 Å². The number of benzene rings is 1. The molecule has 1 aromatic carbocycles. The van der Waals surface area contributed by atoms with Gasteiger partial charge in [-0.2, -0.15) is 0 Å². The van der Waals surface area contributed by atoms with Gasteiger partial charge in [0.05, 0.1) is 0 Å². The number of rotatable bonds is 0. The van der Waals surface area contributed by atoms with Gasteiger partial charge in [-0.1, -0.05) is 0 Å². The van der Waals surface area contributed by atoms with Crippen molar-refractivity contribution in [2.75, 3.05) is 0 Å². The van der Waals surface area contributed by atoms with E-state index in [1.807, 2.05) is 0 Å². The molecule has 0 aliphatic carbocycles. The summed E-state index contributed by atoms with van der Waals surface area (Å²) in [6, 6.07) is 0. The normalized spacial score (nSPS) is 8.39. The van der Waals surface area contributed by atoms with Crippen molar-refractivity contribution >= 4 is 60.0 Å². The average Bonchev–Trinajstić information content (AvgIpc) is 2.47. The maximum absolute atomic E-state index is 12.4. The van der Waals surface area contributed by atoms with Gasteiger partial charge in [0, 0.05) is 0 Å². The van der Waals surface area contributed by atoms with E-state index >= 15 is 0 Å². The van der Waals surface area contributed by atoms with E-state index in [2.05, 4.69) is 0 Å². The SMILES string of the molecule is Fc1c(F)c(F)[c]([Na])c(F)c1F.OB(O)O.OB(O)O.OB(O)O.OB(O)O. The molecule has 0 atom stereocenters. The van der Waals surface area contributed by atoms with Crippen molar-refractivity contribution in [3.8, 4) is 0 Å². The van der Waals surface area contributed by atoms with Crippen molar-refractivity contribution in [2.24, 2.45) is 0 Å². The van der Waals surface area contributed by atoms with E-state index in [-0.39, 0.29) is 27.9 Å². The van der Waals surface area contributed by atoms with Gasteiger partial charge in [-0.05, 0) is 0 Å². The van der Waals surface area contributed by atoms with Gasteiger partial charge in [0.15, 0.2) is 0 Å². The van der Waals surface area contributed by atoms with Crippen LogP contribution in [0.2, 0.25) is 0 Å². The van der Waals surface area contributed by atoms with Crippen LogP contribution in [0.1, 0.15) is 0 Å². The Hall–Kier alpha value is -0.350. The molecule has 1 aromatic rings. The Labute approximate surface area is 171 Å². The Bertz CT molecular complexity index is 390. The minimum Gasteiger partial charge on any atom is -0.402 e. The van der Waals surface area contributed by atoms with Crippen molar-refractivity contribution in [2.45, 2.75) is 0 Å². The molecule has 28 heavy (non-hydrogen) atoms. The Morgan fingerprint density at radius 1 is 0.393 bits per heavy atom. The van der Waals surface area contributed by atoms with E-state index < -0.39 is 61.2 Å². The first kappa shape index (κ1) is 35.1. The predicted octanol–water partition coefficient (Wildman–Crippen LogP) is -7.03. The summed E-state index contributed by atoms with van der Waals surface area (Å²) in [4.78, 5) is 0. The Kier molecular flexibility index (Phi) is 25.0. The fourth-order valence-electron chi connectivity index (χ4n) is 0.715. The molecule has 0 bridgehead atoms. The summed E-state index contributed by atoms with van der Waals surface area (Å²) < 4.78 is 61.0. The molecule has 12 nitrogen and oxygen atoms in total. The maximum atomic E-state index is 12.4. The van der Waals surface area contributed by atoms with Crippen molar-refractivity contribution < 1.29 is 82.2 Å². The summed E-state index contributed by atoms with van der Waals surface area (Å²) >= 11 is -0.223. The van der Waals surface area contributed by atoms with Gasteiger partial charge in [0.2, 0.25) is 0 Å². The molecule has 1 rings (SSSR count). The van der Waals surface area contributed by atoms with Gasteiger partial charge in [0.25, 0.3) is 0 Å². The van der Waals surface area contributed by atoms with Gasteiger partial charge in [-0.15, -0.1) is 0 Å². The van der Waals surface area contributed by atoms with Crippen LogP contribution >= 0.6 is 0 Å². The predicted molar refractivity (Wildman–Crippen MR) is 81.3 cm³/mol. The van der Waals surface area contributed by atoms with Crippen LogP contribution in [-0.2, 0) is 0 Å². The molecule has 22 heteroatoms. The molecule has 0 saturated heterocycles. The number of halogens is 5. The zero-order chi connectivity index (χ0) is 23.8. The van der Waals surface area contributed by atoms with Crippen molar-refractivity contribution in [1.82, 2.24) is 0 Å². The first-order valence-corrected chi connectivity index (χ1v) is 7.04. The summed E-state index contributed by atoms with van der Waals surface area (Å²) in [7, 11) is -8.67. The minimum absolute atomic E-state index is 0.223. The molecule has 0 spiro atoms. The third kappa shape index (κ3) is 27.9. The van der Waals surface area contributed by atoms with Crippen LogP contribution in [0.25, 0.3) is 0 Å². The van der Waals surface area contributed by atoms with Crippen molar-refractivity contribution in [3.05, 3.63) is 29.1 Å². The molecule has 12 N–H and O–H groups in total. The molecule has 0 aliphatic rings. The Morgan fingerprint density at radius 2 is 0.500 bits per heavy atom. The molecule has 0 heterocycles. The third-order valence-electron chi connectivity index (χ3n) is 1.43. The van der Waals surface area contributed by atoms with E-state index in [1.165, 1.54) is 0 Å². The zero-order valence-electron chi connectivity index (χ0n) is 13.6. The van der Waals surface area contributed by atoms with Crippen LogP contribution in [0.15, 0.2) is 0 Å². The smallest absolute Gasteiger partial charge is 0.402 e. The van der Waals surface area contributed by atoms with Crippen molar-refractivity contribution in [3.63, 3.8) is 0 Å². The van der Waals surface area contributed by atoms with Gasteiger partial charge in [-0.25, -0.2) is 0 Å². The van der Waals surface area contributed by atoms with E-state index in [1.54, 1.807) is 0 Å². The number of hydrogen-bond acceptors (Lipinski definition) is 12. The summed E-state index contributed by atoms with van der Waals surface area (Å²) in [6.45, 7) is 0. The van der Waals surface area contributed by atoms with Crippen LogP contribution in [0, 0.1) is 29.1 Å². The van der Waals surface area contributed by atoms with Gasteiger partial charge in [-0.3, -0.25) is 0 Å². The fraction of sp³-hybridized carbons (Fsp3) is 0. The summed E-state index contributed by atoms with van der Waals surface area (Å²) in [5, 5.41) is 86.0. The van der Waals surface area contributed by atoms with Crippen LogP contribution in [0.5, 0.6) is 0 Å². The van der Waals surface area contributed by atoms with Crippen LogP contribution in [0.3, 0.4) is 0 Å². The molecule has 0 fully saturated rings. The Morgan fingerprint density at radius 3 is 0.643 bits per heavy atom. The first-order valence-electron chi connectivity index (χ1n) is 6.04.